The van der Waals surface area contributed by atoms with Gasteiger partial charge in [-0.2, -0.15) is 0 Å². The van der Waals surface area contributed by atoms with E-state index < -0.39 is 8.32 Å². The molecule has 0 amide bonds. The molecule has 1 atom stereocenters. The SMILES string of the molecule is C=C[Si](C)(CCC)OC. The van der Waals surface area contributed by atoms with Crippen LogP contribution in [0.1, 0.15) is 13.3 Å². The van der Waals surface area contributed by atoms with Crippen LogP contribution in [0.15, 0.2) is 12.3 Å². The molecule has 0 heterocycles. The normalized spacial score (nSPS) is 16.8. The topological polar surface area (TPSA) is 9.23 Å². The Balaban J connectivity index is 3.76. The van der Waals surface area contributed by atoms with Gasteiger partial charge in [0.1, 0.15) is 0 Å². The van der Waals surface area contributed by atoms with Gasteiger partial charge in [-0.3, -0.25) is 0 Å². The summed E-state index contributed by atoms with van der Waals surface area (Å²) in [4.78, 5) is 0. The highest BCUT2D eigenvalue weighted by atomic mass is 28.4. The summed E-state index contributed by atoms with van der Waals surface area (Å²) in [6, 6.07) is 1.19. The summed E-state index contributed by atoms with van der Waals surface area (Å²) in [5.74, 6) is 0. The van der Waals surface area contributed by atoms with Crippen molar-refractivity contribution in [3.8, 4) is 0 Å². The molecule has 0 aliphatic carbocycles. The monoisotopic (exact) mass is 144 g/mol. The Labute approximate surface area is 58.9 Å². The van der Waals surface area contributed by atoms with Crippen molar-refractivity contribution in [2.24, 2.45) is 0 Å². The van der Waals surface area contributed by atoms with Crippen LogP contribution in [0.3, 0.4) is 0 Å². The number of hydrogen-bond donors (Lipinski definition) is 0. The lowest BCUT2D eigenvalue weighted by molar-refractivity contribution is 0.407. The molecule has 0 N–H and O–H groups in total. The smallest absolute Gasteiger partial charge is 0.212 e. The van der Waals surface area contributed by atoms with Crippen molar-refractivity contribution in [2.45, 2.75) is 25.9 Å². The molecule has 0 aliphatic rings. The highest BCUT2D eigenvalue weighted by molar-refractivity contribution is 6.77. The standard InChI is InChI=1S/C7H16OSi/c1-5-7-9(4,6-2)8-3/h6H,2,5,7H2,1,3-4H3. The summed E-state index contributed by atoms with van der Waals surface area (Å²) in [7, 11) is 0.348. The summed E-state index contributed by atoms with van der Waals surface area (Å²) >= 11 is 0. The van der Waals surface area contributed by atoms with Crippen molar-refractivity contribution in [1.82, 2.24) is 0 Å². The molecule has 9 heavy (non-hydrogen) atoms. The van der Waals surface area contributed by atoms with Crippen LogP contribution < -0.4 is 0 Å². The summed E-state index contributed by atoms with van der Waals surface area (Å²) < 4.78 is 5.35. The molecule has 1 nitrogen and oxygen atoms in total. The zero-order valence-electron chi connectivity index (χ0n) is 6.61. The Morgan fingerprint density at radius 3 is 2.33 bits per heavy atom. The van der Waals surface area contributed by atoms with Crippen LogP contribution in [-0.2, 0) is 4.43 Å². The Hall–Kier alpha value is -0.0831. The van der Waals surface area contributed by atoms with Crippen molar-refractivity contribution in [1.29, 1.82) is 0 Å². The molecule has 0 aromatic rings. The third-order valence-corrected chi connectivity index (χ3v) is 4.93. The summed E-state index contributed by atoms with van der Waals surface area (Å²) in [6.45, 7) is 8.12. The van der Waals surface area contributed by atoms with E-state index in [1.807, 2.05) is 5.70 Å². The first-order valence-electron chi connectivity index (χ1n) is 3.37. The quantitative estimate of drug-likeness (QED) is 0.550. The number of hydrogen-bond acceptors (Lipinski definition) is 1. The minimum Gasteiger partial charge on any atom is -0.416 e. The second-order valence-electron chi connectivity index (χ2n) is 2.47. The van der Waals surface area contributed by atoms with Gasteiger partial charge in [0.15, 0.2) is 0 Å². The predicted octanol–water partition coefficient (Wildman–Crippen LogP) is 2.34. The van der Waals surface area contributed by atoms with E-state index in [0.29, 0.717) is 0 Å². The Bertz CT molecular complexity index is 92.9. The van der Waals surface area contributed by atoms with Crippen LogP contribution >= 0.6 is 0 Å². The van der Waals surface area contributed by atoms with Crippen molar-refractivity contribution in [3.05, 3.63) is 12.3 Å². The van der Waals surface area contributed by atoms with Gasteiger partial charge in [0, 0.05) is 7.11 Å². The molecular weight excluding hydrogens is 128 g/mol. The Kier molecular flexibility index (Phi) is 3.82. The zero-order chi connectivity index (χ0) is 7.33. The van der Waals surface area contributed by atoms with E-state index in [-0.39, 0.29) is 0 Å². The summed E-state index contributed by atoms with van der Waals surface area (Å²) in [6.07, 6.45) is 1.20. The second kappa shape index (κ2) is 3.85. The van der Waals surface area contributed by atoms with E-state index in [0.717, 1.165) is 0 Å². The summed E-state index contributed by atoms with van der Waals surface area (Å²) in [5, 5.41) is 0. The van der Waals surface area contributed by atoms with Crippen molar-refractivity contribution < 1.29 is 4.43 Å². The lowest BCUT2D eigenvalue weighted by Gasteiger charge is -2.19. The molecule has 2 heteroatoms. The van der Waals surface area contributed by atoms with E-state index in [9.17, 15) is 0 Å². The fourth-order valence-electron chi connectivity index (χ4n) is 0.784. The third kappa shape index (κ3) is 2.82. The minimum absolute atomic E-state index is 1.19. The van der Waals surface area contributed by atoms with E-state index in [4.69, 9.17) is 4.43 Å². The van der Waals surface area contributed by atoms with Gasteiger partial charge in [0.25, 0.3) is 0 Å². The third-order valence-electron chi connectivity index (χ3n) is 1.64. The minimum atomic E-state index is -1.43. The maximum atomic E-state index is 5.35. The molecule has 1 unspecified atom stereocenters. The van der Waals surface area contributed by atoms with Crippen molar-refractivity contribution >= 4 is 8.32 Å². The van der Waals surface area contributed by atoms with Gasteiger partial charge in [0.2, 0.25) is 8.32 Å². The lowest BCUT2D eigenvalue weighted by atomic mass is 10.6. The molecule has 0 fully saturated rings. The maximum absolute atomic E-state index is 5.35. The second-order valence-corrected chi connectivity index (χ2v) is 6.41. The van der Waals surface area contributed by atoms with Gasteiger partial charge in [-0.15, -0.1) is 6.58 Å². The average molecular weight is 144 g/mol. The van der Waals surface area contributed by atoms with Gasteiger partial charge in [-0.1, -0.05) is 19.0 Å². The van der Waals surface area contributed by atoms with Gasteiger partial charge < -0.3 is 4.43 Å². The van der Waals surface area contributed by atoms with Crippen molar-refractivity contribution in [3.63, 3.8) is 0 Å². The highest BCUT2D eigenvalue weighted by Gasteiger charge is 2.20. The van der Waals surface area contributed by atoms with Crippen LogP contribution in [0, 0.1) is 0 Å². The fraction of sp³-hybridized carbons (Fsp3) is 0.714. The van der Waals surface area contributed by atoms with Crippen molar-refractivity contribution in [2.75, 3.05) is 7.11 Å². The maximum Gasteiger partial charge on any atom is 0.212 e. The van der Waals surface area contributed by atoms with Gasteiger partial charge in [-0.25, -0.2) is 0 Å². The van der Waals surface area contributed by atoms with E-state index in [2.05, 4.69) is 20.0 Å². The van der Waals surface area contributed by atoms with Gasteiger partial charge in [-0.05, 0) is 12.6 Å². The largest absolute Gasteiger partial charge is 0.416 e. The Morgan fingerprint density at radius 2 is 2.22 bits per heavy atom. The van der Waals surface area contributed by atoms with E-state index in [1.54, 1.807) is 7.11 Å². The molecule has 0 aliphatic heterocycles. The average Bonchev–Trinajstić information content (AvgIpc) is 1.89. The van der Waals surface area contributed by atoms with Crippen LogP contribution in [0.5, 0.6) is 0 Å². The lowest BCUT2D eigenvalue weighted by Crippen LogP contribution is -2.29. The zero-order valence-corrected chi connectivity index (χ0v) is 7.61. The first kappa shape index (κ1) is 8.92. The van der Waals surface area contributed by atoms with Crippen LogP contribution in [-0.4, -0.2) is 15.4 Å². The van der Waals surface area contributed by atoms with Gasteiger partial charge >= 0.3 is 0 Å². The molecule has 54 valence electrons. The number of rotatable bonds is 4. The molecule has 0 rings (SSSR count). The predicted molar refractivity (Wildman–Crippen MR) is 43.9 cm³/mol. The highest BCUT2D eigenvalue weighted by Crippen LogP contribution is 2.12. The molecule has 0 saturated carbocycles. The molecule has 0 spiro atoms. The first-order valence-corrected chi connectivity index (χ1v) is 6.06. The van der Waals surface area contributed by atoms with E-state index >= 15 is 0 Å². The fourth-order valence-corrected chi connectivity index (χ4v) is 2.35. The summed E-state index contributed by atoms with van der Waals surface area (Å²) in [5.41, 5.74) is 2.00. The molecule has 0 aromatic heterocycles. The van der Waals surface area contributed by atoms with Gasteiger partial charge in [0.05, 0.1) is 0 Å². The molecule has 0 saturated heterocycles. The molecule has 0 radical (unpaired) electrons. The van der Waals surface area contributed by atoms with Crippen LogP contribution in [0.2, 0.25) is 12.6 Å². The molecule has 0 aromatic carbocycles. The molecular formula is C7H16OSi. The van der Waals surface area contributed by atoms with Crippen LogP contribution in [0.4, 0.5) is 0 Å². The first-order chi connectivity index (χ1) is 4.18. The molecule has 0 bridgehead atoms. The Morgan fingerprint density at radius 1 is 1.67 bits per heavy atom. The van der Waals surface area contributed by atoms with Crippen LogP contribution in [0.25, 0.3) is 0 Å². The van der Waals surface area contributed by atoms with E-state index in [1.165, 1.54) is 12.5 Å².